The van der Waals surface area contributed by atoms with Crippen LogP contribution in [0.25, 0.3) is 44.9 Å². The molecule has 4 heteroatoms. The molecule has 0 unspecified atom stereocenters. The van der Waals surface area contributed by atoms with Crippen LogP contribution in [0.1, 0.15) is 19.6 Å². The second-order valence-electron chi connectivity index (χ2n) is 9.44. The van der Waals surface area contributed by atoms with Crippen LogP contribution in [-0.2, 0) is 20.1 Å². The molecule has 3 nitrogen and oxygen atoms in total. The van der Waals surface area contributed by atoms with Gasteiger partial charge in [0, 0.05) is 25.8 Å². The van der Waals surface area contributed by atoms with Gasteiger partial charge in [0.2, 0.25) is 0 Å². The quantitative estimate of drug-likeness (QED) is 0.168. The van der Waals surface area contributed by atoms with Gasteiger partial charge < -0.3 is 15.0 Å². The second kappa shape index (κ2) is 17.3. The molecule has 3 heterocycles. The summed E-state index contributed by atoms with van der Waals surface area (Å²) in [5.74, 6) is 0. The van der Waals surface area contributed by atoms with Crippen LogP contribution in [0.3, 0.4) is 0 Å². The van der Waals surface area contributed by atoms with Gasteiger partial charge in [-0.3, -0.25) is 0 Å². The number of aryl methyl sites for hydroxylation is 2. The standard InChI is InChI=1S/C17H12N.2C12H10N.Ir/c1-3-7-14(8-4-1)16-11-12-17(18-13-16)15-9-5-2-6-10-15;2*1-10-6-5-9-12(13-10)11-7-3-2-4-8-11;/h1-9,11-13H;2*2-7,9H,1H3;/q3*-1;+3/i;2*1D3;. The number of rotatable bonds is 4. The molecule has 220 valence electrons. The Morgan fingerprint density at radius 1 is 0.444 bits per heavy atom. The maximum atomic E-state index is 7.29. The number of hydrogen-bond donors (Lipinski definition) is 0. The minimum absolute atomic E-state index is 0. The van der Waals surface area contributed by atoms with E-state index in [0.717, 1.165) is 27.9 Å². The molecule has 0 radical (unpaired) electrons. The molecule has 0 aliphatic heterocycles. The Bertz CT molecular complexity index is 1910. The van der Waals surface area contributed by atoms with Gasteiger partial charge in [-0.25, -0.2) is 0 Å². The average molecular weight is 765 g/mol. The fraction of sp³-hybridized carbons (Fsp3) is 0.0488. The molecule has 0 saturated carbocycles. The van der Waals surface area contributed by atoms with E-state index in [1.807, 2.05) is 91.1 Å². The van der Waals surface area contributed by atoms with Gasteiger partial charge in [-0.05, 0) is 54.0 Å². The zero-order valence-corrected chi connectivity index (χ0v) is 26.6. The van der Waals surface area contributed by atoms with Crippen molar-refractivity contribution in [2.24, 2.45) is 0 Å². The minimum Gasteiger partial charge on any atom is -0.304 e. The van der Waals surface area contributed by atoms with E-state index in [1.54, 1.807) is 36.4 Å². The summed E-state index contributed by atoms with van der Waals surface area (Å²) in [5.41, 5.74) is 7.39. The number of benzene rings is 4. The molecule has 0 aliphatic carbocycles. The van der Waals surface area contributed by atoms with Crippen molar-refractivity contribution in [2.45, 2.75) is 13.7 Å². The summed E-state index contributed by atoms with van der Waals surface area (Å²) in [6.45, 7) is -4.32. The molecule has 0 fully saturated rings. The van der Waals surface area contributed by atoms with Crippen LogP contribution in [0.2, 0.25) is 0 Å². The molecule has 0 saturated heterocycles. The first-order valence-corrected chi connectivity index (χ1v) is 14.0. The summed E-state index contributed by atoms with van der Waals surface area (Å²) in [6, 6.07) is 56.2. The largest absolute Gasteiger partial charge is 3.00 e. The predicted molar refractivity (Wildman–Crippen MR) is 180 cm³/mol. The molecule has 4 aromatic carbocycles. The molecule has 0 aliphatic rings. The molecule has 0 bridgehead atoms. The van der Waals surface area contributed by atoms with Gasteiger partial charge in [-0.2, -0.15) is 0 Å². The third-order valence-electron chi connectivity index (χ3n) is 6.32. The van der Waals surface area contributed by atoms with Crippen LogP contribution in [0, 0.1) is 31.9 Å². The molecule has 0 atom stereocenters. The van der Waals surface area contributed by atoms with Crippen LogP contribution < -0.4 is 0 Å². The molecule has 7 aromatic rings. The van der Waals surface area contributed by atoms with Gasteiger partial charge in [0.15, 0.2) is 0 Å². The van der Waals surface area contributed by atoms with Crippen LogP contribution in [-0.4, -0.2) is 15.0 Å². The average Bonchev–Trinajstić information content (AvgIpc) is 3.16. The fourth-order valence-corrected chi connectivity index (χ4v) is 4.18. The molecule has 0 amide bonds. The zero-order chi connectivity index (χ0) is 35.4. The molecule has 0 N–H and O–H groups in total. The summed E-state index contributed by atoms with van der Waals surface area (Å²) >= 11 is 0. The van der Waals surface area contributed by atoms with Crippen molar-refractivity contribution in [1.82, 2.24) is 15.0 Å². The Kier molecular flexibility index (Phi) is 9.74. The third kappa shape index (κ3) is 10.0. The Hall–Kier alpha value is -5.02. The van der Waals surface area contributed by atoms with Crippen molar-refractivity contribution < 1.29 is 28.3 Å². The van der Waals surface area contributed by atoms with Crippen molar-refractivity contribution in [1.29, 1.82) is 0 Å². The molecule has 7 rings (SSSR count). The topological polar surface area (TPSA) is 38.7 Å². The van der Waals surface area contributed by atoms with Crippen LogP contribution >= 0.6 is 0 Å². The van der Waals surface area contributed by atoms with Gasteiger partial charge in [-0.1, -0.05) is 66.7 Å². The van der Waals surface area contributed by atoms with Gasteiger partial charge >= 0.3 is 20.1 Å². The molecular weight excluding hydrogens is 727 g/mol. The van der Waals surface area contributed by atoms with E-state index in [9.17, 15) is 0 Å². The van der Waals surface area contributed by atoms with Gasteiger partial charge in [0.05, 0.1) is 0 Å². The van der Waals surface area contributed by atoms with Crippen molar-refractivity contribution in [2.75, 3.05) is 0 Å². The first-order chi connectivity index (χ1) is 24.1. The molecular formula is C41H32IrN3. The van der Waals surface area contributed by atoms with Crippen molar-refractivity contribution >= 4 is 0 Å². The number of pyridine rings is 3. The fourth-order valence-electron chi connectivity index (χ4n) is 4.18. The molecule has 45 heavy (non-hydrogen) atoms. The molecule has 0 spiro atoms. The predicted octanol–water partition coefficient (Wildman–Crippen LogP) is 9.93. The van der Waals surface area contributed by atoms with Crippen molar-refractivity contribution in [3.63, 3.8) is 0 Å². The SMILES string of the molecule is [2H]C([2H])([2H])c1cccc(-c2[c-]cccc2)n1.[2H]C([2H])([2H])c1cccc(-c2[c-]cccc2)n1.[Ir+3].[c-]1ccccc1-c1ccc(-c2ccccc2)cn1. The van der Waals surface area contributed by atoms with E-state index >= 15 is 0 Å². The summed E-state index contributed by atoms with van der Waals surface area (Å²) < 4.78 is 43.8. The smallest absolute Gasteiger partial charge is 0.304 e. The summed E-state index contributed by atoms with van der Waals surface area (Å²) in [4.78, 5) is 12.7. The van der Waals surface area contributed by atoms with Crippen molar-refractivity contribution in [3.8, 4) is 44.9 Å². The molecule has 3 aromatic heterocycles. The zero-order valence-electron chi connectivity index (χ0n) is 30.2. The number of aromatic nitrogens is 3. The monoisotopic (exact) mass is 765 g/mol. The normalized spacial score (nSPS) is 12.4. The maximum absolute atomic E-state index is 7.29. The maximum Gasteiger partial charge on any atom is 3.00 e. The third-order valence-corrected chi connectivity index (χ3v) is 6.32. The van der Waals surface area contributed by atoms with E-state index in [1.165, 1.54) is 17.7 Å². The van der Waals surface area contributed by atoms with Crippen LogP contribution in [0.15, 0.2) is 158 Å². The van der Waals surface area contributed by atoms with Gasteiger partial charge in [0.1, 0.15) is 0 Å². The first kappa shape index (κ1) is 25.3. The Balaban J connectivity index is 0.000000170. The summed E-state index contributed by atoms with van der Waals surface area (Å²) in [6.07, 6.45) is 1.91. The number of nitrogens with zero attached hydrogens (tertiary/aromatic N) is 3. The van der Waals surface area contributed by atoms with Crippen LogP contribution in [0.4, 0.5) is 0 Å². The minimum atomic E-state index is -2.16. The second-order valence-corrected chi connectivity index (χ2v) is 9.44. The summed E-state index contributed by atoms with van der Waals surface area (Å²) in [7, 11) is 0. The van der Waals surface area contributed by atoms with Crippen LogP contribution in [0.5, 0.6) is 0 Å². The van der Waals surface area contributed by atoms with Gasteiger partial charge in [-0.15, -0.1) is 108 Å². The first-order valence-electron chi connectivity index (χ1n) is 17.0. The van der Waals surface area contributed by atoms with E-state index in [4.69, 9.17) is 8.22 Å². The van der Waals surface area contributed by atoms with E-state index in [0.29, 0.717) is 11.4 Å². The van der Waals surface area contributed by atoms with E-state index in [-0.39, 0.29) is 31.5 Å². The van der Waals surface area contributed by atoms with Crippen molar-refractivity contribution in [3.05, 3.63) is 187 Å². The van der Waals surface area contributed by atoms with E-state index < -0.39 is 13.7 Å². The Labute approximate surface area is 288 Å². The Morgan fingerprint density at radius 3 is 1.36 bits per heavy atom. The van der Waals surface area contributed by atoms with E-state index in [2.05, 4.69) is 51.4 Å². The van der Waals surface area contributed by atoms with Gasteiger partial charge in [0.25, 0.3) is 0 Å². The summed E-state index contributed by atoms with van der Waals surface area (Å²) in [5, 5.41) is 0. The Morgan fingerprint density at radius 2 is 0.933 bits per heavy atom. The number of hydrogen-bond acceptors (Lipinski definition) is 3.